The molecule has 0 radical (unpaired) electrons. The smallest absolute Gasteiger partial charge is 0.339 e. The van der Waals surface area contributed by atoms with E-state index in [1.165, 1.54) is 18.2 Å². The molecule has 0 aliphatic rings. The third-order valence-electron chi connectivity index (χ3n) is 3.55. The third-order valence-corrected chi connectivity index (χ3v) is 5.22. The molecule has 0 unspecified atom stereocenters. The fraction of sp³-hybridized carbons (Fsp3) is 0.111. The van der Waals surface area contributed by atoms with E-state index in [1.807, 2.05) is 6.92 Å². The molecule has 3 aromatic rings. The number of ether oxygens (including phenoxy) is 1. The molecule has 0 saturated carbocycles. The van der Waals surface area contributed by atoms with Crippen molar-refractivity contribution in [1.29, 1.82) is 0 Å². The predicted octanol–water partition coefficient (Wildman–Crippen LogP) is 4.96. The Morgan fingerprint density at radius 2 is 1.59 bits per heavy atom. The fourth-order valence-corrected chi connectivity index (χ4v) is 3.46. The maximum absolute atomic E-state index is 12.6. The van der Waals surface area contributed by atoms with Crippen LogP contribution in [0.1, 0.15) is 11.1 Å². The monoisotopic (exact) mass is 424 g/mol. The SMILES string of the molecule is Cc1ccc(S(=O)(=O)Oc2cc(Cl)nnc2Oc2ccc(Cl)cc2C)cc1. The van der Waals surface area contributed by atoms with E-state index in [0.717, 1.165) is 11.1 Å². The van der Waals surface area contributed by atoms with E-state index in [2.05, 4.69) is 10.2 Å². The number of aromatic nitrogens is 2. The van der Waals surface area contributed by atoms with Crippen LogP contribution in [0.3, 0.4) is 0 Å². The van der Waals surface area contributed by atoms with Crippen molar-refractivity contribution in [3.8, 4) is 17.4 Å². The van der Waals surface area contributed by atoms with E-state index in [1.54, 1.807) is 37.3 Å². The van der Waals surface area contributed by atoms with Crippen molar-refractivity contribution in [1.82, 2.24) is 10.2 Å². The van der Waals surface area contributed by atoms with Gasteiger partial charge >= 0.3 is 10.1 Å². The van der Waals surface area contributed by atoms with Crippen LogP contribution in [0, 0.1) is 13.8 Å². The van der Waals surface area contributed by atoms with E-state index in [-0.39, 0.29) is 21.7 Å². The fourth-order valence-electron chi connectivity index (χ4n) is 2.17. The van der Waals surface area contributed by atoms with Crippen molar-refractivity contribution in [3.05, 3.63) is 69.8 Å². The minimum absolute atomic E-state index is 0.00495. The molecule has 1 heterocycles. The van der Waals surface area contributed by atoms with Crippen LogP contribution in [0.5, 0.6) is 17.4 Å². The number of hydrogen-bond acceptors (Lipinski definition) is 6. The minimum atomic E-state index is -4.11. The molecule has 0 aliphatic carbocycles. The van der Waals surface area contributed by atoms with E-state index in [9.17, 15) is 8.42 Å². The molecule has 0 aliphatic heterocycles. The average molecular weight is 425 g/mol. The lowest BCUT2D eigenvalue weighted by molar-refractivity contribution is 0.413. The van der Waals surface area contributed by atoms with E-state index in [0.29, 0.717) is 10.8 Å². The van der Waals surface area contributed by atoms with Gasteiger partial charge in [-0.15, -0.1) is 10.2 Å². The average Bonchev–Trinajstić information content (AvgIpc) is 2.59. The molecule has 1 aromatic heterocycles. The summed E-state index contributed by atoms with van der Waals surface area (Å²) in [6.45, 7) is 3.64. The number of halogens is 2. The minimum Gasteiger partial charge on any atom is -0.435 e. The highest BCUT2D eigenvalue weighted by Gasteiger charge is 2.21. The first kappa shape index (κ1) is 19.4. The lowest BCUT2D eigenvalue weighted by atomic mass is 10.2. The molecular weight excluding hydrogens is 411 g/mol. The quantitative estimate of drug-likeness (QED) is 0.538. The third kappa shape index (κ3) is 4.68. The number of nitrogens with zero attached hydrogens (tertiary/aromatic N) is 2. The molecule has 0 atom stereocenters. The van der Waals surface area contributed by atoms with Gasteiger partial charge in [-0.1, -0.05) is 40.9 Å². The summed E-state index contributed by atoms with van der Waals surface area (Å²) in [4.78, 5) is -0.00495. The number of rotatable bonds is 5. The van der Waals surface area contributed by atoms with Gasteiger partial charge in [-0.25, -0.2) is 0 Å². The number of aryl methyl sites for hydroxylation is 2. The van der Waals surface area contributed by atoms with Crippen LogP contribution in [0.2, 0.25) is 10.2 Å². The van der Waals surface area contributed by atoms with Crippen LogP contribution in [-0.2, 0) is 10.1 Å². The molecule has 0 N–H and O–H groups in total. The summed E-state index contributed by atoms with van der Waals surface area (Å²) in [6.07, 6.45) is 0. The van der Waals surface area contributed by atoms with Crippen molar-refractivity contribution in [2.75, 3.05) is 0 Å². The van der Waals surface area contributed by atoms with Crippen LogP contribution >= 0.6 is 23.2 Å². The zero-order valence-corrected chi connectivity index (χ0v) is 16.6. The van der Waals surface area contributed by atoms with Crippen molar-refractivity contribution < 1.29 is 17.3 Å². The Morgan fingerprint density at radius 1 is 0.889 bits per heavy atom. The van der Waals surface area contributed by atoms with Gasteiger partial charge in [-0.3, -0.25) is 0 Å². The molecule has 0 fully saturated rings. The molecule has 0 bridgehead atoms. The summed E-state index contributed by atoms with van der Waals surface area (Å²) in [5.41, 5.74) is 1.65. The molecule has 0 saturated heterocycles. The molecular formula is C18H14Cl2N2O4S. The van der Waals surface area contributed by atoms with Crippen molar-refractivity contribution in [3.63, 3.8) is 0 Å². The Hall–Kier alpha value is -2.35. The molecule has 9 heteroatoms. The Kier molecular flexibility index (Phi) is 5.55. The summed E-state index contributed by atoms with van der Waals surface area (Å²) in [6, 6.07) is 12.4. The zero-order chi connectivity index (χ0) is 19.6. The number of hydrogen-bond donors (Lipinski definition) is 0. The van der Waals surface area contributed by atoms with Crippen molar-refractivity contribution in [2.45, 2.75) is 18.7 Å². The molecule has 27 heavy (non-hydrogen) atoms. The Morgan fingerprint density at radius 3 is 2.26 bits per heavy atom. The van der Waals surface area contributed by atoms with Gasteiger partial charge < -0.3 is 8.92 Å². The van der Waals surface area contributed by atoms with Crippen LogP contribution in [0.4, 0.5) is 0 Å². The first-order chi connectivity index (χ1) is 12.7. The lowest BCUT2D eigenvalue weighted by Crippen LogP contribution is -2.11. The standard InChI is InChI=1S/C18H14Cl2N2O4S/c1-11-3-6-14(7-4-11)27(23,24)26-16-10-17(20)21-22-18(16)25-15-8-5-13(19)9-12(15)2/h3-10H,1-2H3. The van der Waals surface area contributed by atoms with Gasteiger partial charge in [0.05, 0.1) is 0 Å². The largest absolute Gasteiger partial charge is 0.435 e. The molecule has 3 rings (SSSR count). The Labute approximate surface area is 166 Å². The van der Waals surface area contributed by atoms with Crippen molar-refractivity contribution in [2.24, 2.45) is 0 Å². The second kappa shape index (κ2) is 7.72. The predicted molar refractivity (Wildman–Crippen MR) is 102 cm³/mol. The maximum atomic E-state index is 12.6. The second-order valence-electron chi connectivity index (χ2n) is 5.70. The van der Waals surface area contributed by atoms with Gasteiger partial charge in [0.1, 0.15) is 10.6 Å². The Balaban J connectivity index is 1.95. The highest BCUT2D eigenvalue weighted by Crippen LogP contribution is 2.34. The molecule has 140 valence electrons. The summed E-state index contributed by atoms with van der Waals surface area (Å²) in [5.74, 6) is 0.110. The molecule has 2 aromatic carbocycles. The van der Waals surface area contributed by atoms with Gasteiger partial charge in [0.2, 0.25) is 5.75 Å². The summed E-state index contributed by atoms with van der Waals surface area (Å²) in [5, 5.41) is 7.99. The van der Waals surface area contributed by atoms with Gasteiger partial charge in [-0.2, -0.15) is 8.42 Å². The first-order valence-corrected chi connectivity index (χ1v) is 9.89. The second-order valence-corrected chi connectivity index (χ2v) is 8.07. The van der Waals surface area contributed by atoms with E-state index >= 15 is 0 Å². The number of benzene rings is 2. The summed E-state index contributed by atoms with van der Waals surface area (Å²) >= 11 is 11.8. The first-order valence-electron chi connectivity index (χ1n) is 7.73. The van der Waals surface area contributed by atoms with Crippen LogP contribution in [0.25, 0.3) is 0 Å². The van der Waals surface area contributed by atoms with Crippen LogP contribution in [0.15, 0.2) is 53.4 Å². The van der Waals surface area contributed by atoms with Gasteiger partial charge in [0.15, 0.2) is 5.15 Å². The highest BCUT2D eigenvalue weighted by molar-refractivity contribution is 7.87. The molecule has 0 amide bonds. The van der Waals surface area contributed by atoms with Crippen LogP contribution in [-0.4, -0.2) is 18.6 Å². The van der Waals surface area contributed by atoms with E-state index in [4.69, 9.17) is 32.1 Å². The molecule has 6 nitrogen and oxygen atoms in total. The highest BCUT2D eigenvalue weighted by atomic mass is 35.5. The van der Waals surface area contributed by atoms with E-state index < -0.39 is 10.1 Å². The zero-order valence-electron chi connectivity index (χ0n) is 14.3. The van der Waals surface area contributed by atoms with Gasteiger partial charge in [-0.05, 0) is 49.7 Å². The van der Waals surface area contributed by atoms with Crippen molar-refractivity contribution >= 4 is 33.3 Å². The Bertz CT molecular complexity index is 1090. The topological polar surface area (TPSA) is 78.4 Å². The lowest BCUT2D eigenvalue weighted by Gasteiger charge is -2.12. The van der Waals surface area contributed by atoms with Crippen LogP contribution < -0.4 is 8.92 Å². The molecule has 0 spiro atoms. The summed E-state index contributed by atoms with van der Waals surface area (Å²) < 4.78 is 36.0. The normalized spacial score (nSPS) is 11.3. The van der Waals surface area contributed by atoms with Gasteiger partial charge in [0.25, 0.3) is 5.88 Å². The maximum Gasteiger partial charge on any atom is 0.339 e. The summed E-state index contributed by atoms with van der Waals surface area (Å²) in [7, 11) is -4.11. The van der Waals surface area contributed by atoms with Gasteiger partial charge in [0, 0.05) is 11.1 Å².